The van der Waals surface area contributed by atoms with E-state index in [2.05, 4.69) is 0 Å². The van der Waals surface area contributed by atoms with E-state index in [0.717, 1.165) is 0 Å². The van der Waals surface area contributed by atoms with Gasteiger partial charge in [-0.05, 0) is 32.0 Å². The highest BCUT2D eigenvalue weighted by molar-refractivity contribution is 5.91. The predicted molar refractivity (Wildman–Crippen MR) is 248 cm³/mol. The molecule has 0 aliphatic carbocycles. The Morgan fingerprint density at radius 3 is 0.971 bits per heavy atom. The van der Waals surface area contributed by atoms with E-state index in [1.54, 1.807) is 47.5 Å². The summed E-state index contributed by atoms with van der Waals surface area (Å²) in [6.07, 6.45) is -0.858. The fourth-order valence-corrected chi connectivity index (χ4v) is 5.26. The smallest absolute Gasteiger partial charge is 0.338 e. The van der Waals surface area contributed by atoms with Crippen LogP contribution in [0.4, 0.5) is 0 Å². The molecule has 0 aromatic heterocycles. The number of carbonyl (C=O) groups is 1. The second-order valence-electron chi connectivity index (χ2n) is 14.2. The van der Waals surface area contributed by atoms with Crippen molar-refractivity contribution in [3.63, 3.8) is 0 Å². The molecule has 0 radical (unpaired) electrons. The molecule has 22 heteroatoms. The molecule has 68 heavy (non-hydrogen) atoms. The first kappa shape index (κ1) is 63.4. The van der Waals surface area contributed by atoms with Crippen molar-refractivity contribution >= 4 is 5.97 Å². The maximum Gasteiger partial charge on any atom is 0.338 e. The van der Waals surface area contributed by atoms with Crippen LogP contribution in [0.3, 0.4) is 0 Å². The number of hydrogen-bond acceptors (Lipinski definition) is 22. The van der Waals surface area contributed by atoms with Gasteiger partial charge in [0.05, 0.1) is 204 Å². The lowest BCUT2D eigenvalue weighted by Gasteiger charge is -2.25. The number of rotatable bonds is 54. The summed E-state index contributed by atoms with van der Waals surface area (Å²) in [4.78, 5) is 13.4. The molecule has 0 atom stereocenters. The highest BCUT2D eigenvalue weighted by atomic mass is 16.6. The quantitative estimate of drug-likeness (QED) is 0.0726. The lowest BCUT2D eigenvalue weighted by molar-refractivity contribution is -0.0434. The predicted octanol–water partition coefficient (Wildman–Crippen LogP) is 1.87. The van der Waals surface area contributed by atoms with Crippen molar-refractivity contribution in [3.05, 3.63) is 17.7 Å². The van der Waals surface area contributed by atoms with Crippen LogP contribution in [-0.2, 0) is 80.5 Å². The zero-order valence-electron chi connectivity index (χ0n) is 41.6. The largest absolute Gasteiger partial charge is 0.486 e. The van der Waals surface area contributed by atoms with Gasteiger partial charge in [-0.15, -0.1) is 0 Å². The van der Waals surface area contributed by atoms with E-state index in [9.17, 15) is 4.79 Å². The van der Waals surface area contributed by atoms with Gasteiger partial charge < -0.3 is 100 Å². The fraction of sp³-hybridized carbons (Fsp3) is 0.848. The number of nitrogens with two attached hydrogens (primary N) is 1. The minimum absolute atomic E-state index is 0.0942. The molecule has 400 valence electrons. The lowest BCUT2D eigenvalue weighted by Crippen LogP contribution is -2.31. The maximum absolute atomic E-state index is 13.4. The third-order valence-electron chi connectivity index (χ3n) is 8.63. The second-order valence-corrected chi connectivity index (χ2v) is 14.2. The van der Waals surface area contributed by atoms with Gasteiger partial charge in [-0.25, -0.2) is 4.79 Å². The molecule has 2 N–H and O–H groups in total. The molecule has 0 saturated heterocycles. The van der Waals surface area contributed by atoms with Crippen LogP contribution in [0.25, 0.3) is 0 Å². The Kier molecular flexibility index (Phi) is 46.1. The molecule has 22 nitrogen and oxygen atoms in total. The van der Waals surface area contributed by atoms with E-state index in [0.29, 0.717) is 145 Å². The lowest BCUT2D eigenvalue weighted by atomic mass is 10.1. The molecule has 0 unspecified atom stereocenters. The monoisotopic (exact) mass is 988 g/mol. The molecule has 0 amide bonds. The topological polar surface area (TPSA) is 228 Å². The zero-order chi connectivity index (χ0) is 49.2. The van der Waals surface area contributed by atoms with Crippen LogP contribution in [0.1, 0.15) is 23.7 Å². The van der Waals surface area contributed by atoms with Crippen molar-refractivity contribution in [1.29, 1.82) is 0 Å². The van der Waals surface area contributed by atoms with Crippen molar-refractivity contribution in [2.45, 2.75) is 25.6 Å². The summed E-state index contributed by atoms with van der Waals surface area (Å²) in [7, 11) is 6.47. The van der Waals surface area contributed by atoms with Crippen LogP contribution in [0.15, 0.2) is 12.1 Å². The molecule has 0 aliphatic heterocycles. The van der Waals surface area contributed by atoms with Crippen molar-refractivity contribution in [2.75, 3.05) is 233 Å². The average Bonchev–Trinajstić information content (AvgIpc) is 3.34. The van der Waals surface area contributed by atoms with E-state index >= 15 is 0 Å². The van der Waals surface area contributed by atoms with Crippen LogP contribution in [0, 0.1) is 0 Å². The molecule has 0 heterocycles. The van der Waals surface area contributed by atoms with Gasteiger partial charge in [0.1, 0.15) is 12.2 Å². The number of hydrogen-bond donors (Lipinski definition) is 1. The molecule has 0 fully saturated rings. The number of carbonyl (C=O) groups excluding carboxylic acids is 1. The highest BCUT2D eigenvalue weighted by Gasteiger charge is 2.25. The number of benzene rings is 1. The van der Waals surface area contributed by atoms with Gasteiger partial charge in [0, 0.05) is 28.4 Å². The third-order valence-corrected chi connectivity index (χ3v) is 8.63. The van der Waals surface area contributed by atoms with E-state index in [-0.39, 0.29) is 88.9 Å². The van der Waals surface area contributed by atoms with Crippen LogP contribution in [-0.4, -0.2) is 251 Å². The first-order valence-corrected chi connectivity index (χ1v) is 23.4. The zero-order valence-corrected chi connectivity index (χ0v) is 41.6. The standard InChI is InChI=1S/C46H85NO21/c1-6-65-46(48)40-34-43(67-41(36-61-30-26-57-22-18-53-14-10-49-2)37-62-31-27-58-23-19-54-15-11-50-3)45(66-9-7-8-47)44(35-40)68-42(38-63-32-28-59-24-20-55-16-12-51-4)39-64-33-29-60-25-21-56-17-13-52-5/h34-35,41-42H,6-33,36-39,47H2,1-5H3. The van der Waals surface area contributed by atoms with Gasteiger partial charge in [-0.3, -0.25) is 0 Å². The molecular weight excluding hydrogens is 902 g/mol. The van der Waals surface area contributed by atoms with Gasteiger partial charge in [0.15, 0.2) is 11.5 Å². The van der Waals surface area contributed by atoms with Crippen molar-refractivity contribution in [2.24, 2.45) is 5.73 Å². The Labute approximate surface area is 404 Å². The summed E-state index contributed by atoms with van der Waals surface area (Å²) < 4.78 is 113. The van der Waals surface area contributed by atoms with Crippen LogP contribution < -0.4 is 19.9 Å². The van der Waals surface area contributed by atoms with E-state index in [1.807, 2.05) is 0 Å². The van der Waals surface area contributed by atoms with E-state index < -0.39 is 18.2 Å². The minimum Gasteiger partial charge on any atom is -0.486 e. The van der Waals surface area contributed by atoms with Gasteiger partial charge in [-0.2, -0.15) is 0 Å². The maximum atomic E-state index is 13.4. The first-order valence-electron chi connectivity index (χ1n) is 23.4. The van der Waals surface area contributed by atoms with Gasteiger partial charge in [0.25, 0.3) is 0 Å². The molecule has 1 rings (SSSR count). The Balaban J connectivity index is 3.28. The number of esters is 1. The molecular formula is C46H85NO21. The number of ether oxygens (including phenoxy) is 20. The van der Waals surface area contributed by atoms with Gasteiger partial charge in [-0.1, -0.05) is 0 Å². The van der Waals surface area contributed by atoms with E-state index in [4.69, 9.17) is 100 Å². The summed E-state index contributed by atoms with van der Waals surface area (Å²) in [6.45, 7) is 12.5. The normalized spacial score (nSPS) is 11.6. The SMILES string of the molecule is CCOC(=O)c1cc(OC(COCCOCCOCCOC)COCCOCCOCCOC)c(OCCCN)c(OC(COCCOCCOCCOC)COCCOCCOCCOC)c1. The first-order chi connectivity index (χ1) is 33.5. The van der Waals surface area contributed by atoms with Gasteiger partial charge in [0.2, 0.25) is 5.75 Å². The van der Waals surface area contributed by atoms with Gasteiger partial charge >= 0.3 is 5.97 Å². The van der Waals surface area contributed by atoms with Crippen molar-refractivity contribution in [3.8, 4) is 17.2 Å². The molecule has 1 aromatic rings. The molecule has 0 spiro atoms. The Morgan fingerprint density at radius 2 is 0.706 bits per heavy atom. The summed E-state index contributed by atoms with van der Waals surface area (Å²) in [5, 5.41) is 0. The highest BCUT2D eigenvalue weighted by Crippen LogP contribution is 2.40. The fourth-order valence-electron chi connectivity index (χ4n) is 5.26. The molecule has 1 aromatic carbocycles. The van der Waals surface area contributed by atoms with Crippen molar-refractivity contribution in [1.82, 2.24) is 0 Å². The van der Waals surface area contributed by atoms with Crippen LogP contribution in [0.2, 0.25) is 0 Å². The summed E-state index contributed by atoms with van der Waals surface area (Å²) in [6, 6.07) is 3.09. The van der Waals surface area contributed by atoms with Crippen molar-refractivity contribution < 1.29 is 99.5 Å². The molecule has 0 aliphatic rings. The van der Waals surface area contributed by atoms with Crippen LogP contribution >= 0.6 is 0 Å². The Morgan fingerprint density at radius 1 is 0.426 bits per heavy atom. The summed E-state index contributed by atoms with van der Waals surface area (Å²) in [5.74, 6) is 0.0129. The molecule has 0 saturated carbocycles. The van der Waals surface area contributed by atoms with Crippen LogP contribution in [0.5, 0.6) is 17.2 Å². The molecule has 0 bridgehead atoms. The Bertz CT molecular complexity index is 1120. The summed E-state index contributed by atoms with van der Waals surface area (Å²) in [5.41, 5.74) is 6.03. The number of methoxy groups -OCH3 is 4. The average molecular weight is 988 g/mol. The third kappa shape index (κ3) is 37.3. The second kappa shape index (κ2) is 49.4. The summed E-state index contributed by atoms with van der Waals surface area (Å²) >= 11 is 0. The Hall–Kier alpha value is -2.59. The van der Waals surface area contributed by atoms with E-state index in [1.165, 1.54) is 0 Å². The minimum atomic E-state index is -0.690.